The number of carbonyl (C=O) groups excluding carboxylic acids is 1. The van der Waals surface area contributed by atoms with Gasteiger partial charge in [-0.2, -0.15) is 0 Å². The number of ether oxygens (including phenoxy) is 1. The lowest BCUT2D eigenvalue weighted by Gasteiger charge is -2.19. The summed E-state index contributed by atoms with van der Waals surface area (Å²) in [6.07, 6.45) is 1.05. The van der Waals surface area contributed by atoms with Gasteiger partial charge >= 0.3 is 6.09 Å². The zero-order valence-electron chi connectivity index (χ0n) is 10.1. The summed E-state index contributed by atoms with van der Waals surface area (Å²) < 4.78 is 6.83. The Bertz CT molecular complexity index is 379. The van der Waals surface area contributed by atoms with Crippen molar-refractivity contribution in [2.75, 3.05) is 5.32 Å². The molecule has 90 valence electrons. The van der Waals surface area contributed by atoms with Crippen LogP contribution < -0.4 is 11.1 Å². The molecule has 0 saturated heterocycles. The number of hydrogen-bond donors (Lipinski definition) is 2. The first-order valence-corrected chi connectivity index (χ1v) is 5.04. The molecule has 0 radical (unpaired) electrons. The standard InChI is InChI=1S/C10H18N4O2/c1-10(2,3)16-9(15)13-8-6-12-7(5-11)14(8)4/h6H,5,11H2,1-4H3,(H,13,15). The molecule has 16 heavy (non-hydrogen) atoms. The predicted octanol–water partition coefficient (Wildman–Crippen LogP) is 1.23. The third-order valence-corrected chi connectivity index (χ3v) is 1.90. The molecule has 0 bridgehead atoms. The van der Waals surface area contributed by atoms with Crippen molar-refractivity contribution in [1.82, 2.24) is 9.55 Å². The van der Waals surface area contributed by atoms with Gasteiger partial charge in [0.25, 0.3) is 0 Å². The monoisotopic (exact) mass is 226 g/mol. The van der Waals surface area contributed by atoms with E-state index in [0.717, 1.165) is 0 Å². The van der Waals surface area contributed by atoms with E-state index in [9.17, 15) is 4.79 Å². The van der Waals surface area contributed by atoms with Gasteiger partial charge in [0.15, 0.2) is 0 Å². The Morgan fingerprint density at radius 2 is 2.25 bits per heavy atom. The minimum atomic E-state index is -0.515. The van der Waals surface area contributed by atoms with E-state index in [1.54, 1.807) is 38.6 Å². The number of hydrogen-bond acceptors (Lipinski definition) is 4. The van der Waals surface area contributed by atoms with Crippen LogP contribution >= 0.6 is 0 Å². The van der Waals surface area contributed by atoms with Crippen LogP contribution in [0, 0.1) is 0 Å². The molecule has 0 spiro atoms. The summed E-state index contributed by atoms with van der Waals surface area (Å²) >= 11 is 0. The summed E-state index contributed by atoms with van der Waals surface area (Å²) in [6, 6.07) is 0. The molecule has 6 nitrogen and oxygen atoms in total. The second-order valence-electron chi connectivity index (χ2n) is 4.45. The molecule has 0 aliphatic heterocycles. The van der Waals surface area contributed by atoms with Crippen LogP contribution in [-0.4, -0.2) is 21.2 Å². The van der Waals surface area contributed by atoms with Crippen LogP contribution in [0.4, 0.5) is 10.6 Å². The third-order valence-electron chi connectivity index (χ3n) is 1.90. The molecule has 1 amide bonds. The minimum absolute atomic E-state index is 0.326. The molecule has 0 aliphatic rings. The molecule has 1 aromatic heterocycles. The fourth-order valence-corrected chi connectivity index (χ4v) is 1.16. The van der Waals surface area contributed by atoms with E-state index in [1.165, 1.54) is 0 Å². The Labute approximate surface area is 94.8 Å². The van der Waals surface area contributed by atoms with E-state index in [4.69, 9.17) is 10.5 Å². The van der Waals surface area contributed by atoms with Crippen LogP contribution in [0.15, 0.2) is 6.20 Å². The van der Waals surface area contributed by atoms with Crippen molar-refractivity contribution >= 4 is 11.9 Å². The predicted molar refractivity (Wildman–Crippen MR) is 61.0 cm³/mol. The number of nitrogens with zero attached hydrogens (tertiary/aromatic N) is 2. The largest absolute Gasteiger partial charge is 0.444 e. The van der Waals surface area contributed by atoms with Gasteiger partial charge < -0.3 is 15.0 Å². The van der Waals surface area contributed by atoms with Gasteiger partial charge in [0.05, 0.1) is 12.7 Å². The molecule has 0 aromatic carbocycles. The Morgan fingerprint density at radius 1 is 1.62 bits per heavy atom. The molecule has 6 heteroatoms. The smallest absolute Gasteiger partial charge is 0.413 e. The van der Waals surface area contributed by atoms with E-state index in [0.29, 0.717) is 18.2 Å². The molecule has 1 heterocycles. The molecule has 0 unspecified atom stereocenters. The number of anilines is 1. The van der Waals surface area contributed by atoms with Crippen LogP contribution in [0.1, 0.15) is 26.6 Å². The average molecular weight is 226 g/mol. The SMILES string of the molecule is Cn1c(NC(=O)OC(C)(C)C)cnc1CN. The van der Waals surface area contributed by atoms with Crippen molar-refractivity contribution < 1.29 is 9.53 Å². The molecule has 0 aliphatic carbocycles. The Balaban J connectivity index is 2.67. The Morgan fingerprint density at radius 3 is 2.69 bits per heavy atom. The second kappa shape index (κ2) is 4.52. The minimum Gasteiger partial charge on any atom is -0.444 e. The van der Waals surface area contributed by atoms with Gasteiger partial charge in [-0.25, -0.2) is 9.78 Å². The zero-order chi connectivity index (χ0) is 12.3. The van der Waals surface area contributed by atoms with Crippen molar-refractivity contribution in [1.29, 1.82) is 0 Å². The zero-order valence-corrected chi connectivity index (χ0v) is 10.1. The fraction of sp³-hybridized carbons (Fsp3) is 0.600. The lowest BCUT2D eigenvalue weighted by molar-refractivity contribution is 0.0635. The summed E-state index contributed by atoms with van der Waals surface area (Å²) in [6.45, 7) is 5.75. The lowest BCUT2D eigenvalue weighted by Crippen LogP contribution is -2.27. The first-order valence-electron chi connectivity index (χ1n) is 5.04. The van der Waals surface area contributed by atoms with Crippen molar-refractivity contribution in [2.45, 2.75) is 32.9 Å². The quantitative estimate of drug-likeness (QED) is 0.794. The highest BCUT2D eigenvalue weighted by Crippen LogP contribution is 2.12. The lowest BCUT2D eigenvalue weighted by atomic mass is 10.2. The van der Waals surface area contributed by atoms with Crippen molar-refractivity contribution in [2.24, 2.45) is 12.8 Å². The summed E-state index contributed by atoms with van der Waals surface area (Å²) in [5.74, 6) is 1.26. The topological polar surface area (TPSA) is 82.2 Å². The number of rotatable bonds is 2. The molecule has 1 aromatic rings. The number of amides is 1. The first kappa shape index (κ1) is 12.5. The van der Waals surface area contributed by atoms with Gasteiger partial charge in [-0.3, -0.25) is 5.32 Å². The van der Waals surface area contributed by atoms with E-state index >= 15 is 0 Å². The van der Waals surface area contributed by atoms with Gasteiger partial charge in [-0.1, -0.05) is 0 Å². The third kappa shape index (κ3) is 3.23. The van der Waals surface area contributed by atoms with Crippen LogP contribution in [0.3, 0.4) is 0 Å². The van der Waals surface area contributed by atoms with E-state index in [-0.39, 0.29) is 0 Å². The van der Waals surface area contributed by atoms with Crippen molar-refractivity contribution in [3.05, 3.63) is 12.0 Å². The normalized spacial score (nSPS) is 11.3. The average Bonchev–Trinajstić information content (AvgIpc) is 2.44. The summed E-state index contributed by atoms with van der Waals surface area (Å²) in [5, 5.41) is 2.61. The Kier molecular flexibility index (Phi) is 3.54. The van der Waals surface area contributed by atoms with Crippen LogP contribution in [0.25, 0.3) is 0 Å². The summed E-state index contributed by atoms with van der Waals surface area (Å²) in [4.78, 5) is 15.5. The highest BCUT2D eigenvalue weighted by atomic mass is 16.6. The van der Waals surface area contributed by atoms with Gasteiger partial charge in [0.1, 0.15) is 17.2 Å². The first-order chi connectivity index (χ1) is 7.33. The van der Waals surface area contributed by atoms with Crippen LogP contribution in [-0.2, 0) is 18.3 Å². The molecule has 0 fully saturated rings. The fourth-order valence-electron chi connectivity index (χ4n) is 1.16. The van der Waals surface area contributed by atoms with Crippen LogP contribution in [0.5, 0.6) is 0 Å². The van der Waals surface area contributed by atoms with Gasteiger partial charge in [-0.05, 0) is 20.8 Å². The highest BCUT2D eigenvalue weighted by molar-refractivity contribution is 5.83. The number of nitrogens with two attached hydrogens (primary N) is 1. The molecular weight excluding hydrogens is 208 g/mol. The van der Waals surface area contributed by atoms with Crippen molar-refractivity contribution in [3.63, 3.8) is 0 Å². The highest BCUT2D eigenvalue weighted by Gasteiger charge is 2.17. The van der Waals surface area contributed by atoms with Crippen LogP contribution in [0.2, 0.25) is 0 Å². The van der Waals surface area contributed by atoms with Gasteiger partial charge in [-0.15, -0.1) is 0 Å². The Hall–Kier alpha value is -1.56. The molecular formula is C10H18N4O2. The van der Waals surface area contributed by atoms with E-state index in [1.807, 2.05) is 0 Å². The summed E-state index contributed by atoms with van der Waals surface area (Å²) in [7, 11) is 1.78. The maximum absolute atomic E-state index is 11.5. The maximum atomic E-state index is 11.5. The van der Waals surface area contributed by atoms with Gasteiger partial charge in [0.2, 0.25) is 0 Å². The number of imidazole rings is 1. The van der Waals surface area contributed by atoms with E-state index in [2.05, 4.69) is 10.3 Å². The molecule has 0 atom stereocenters. The summed E-state index contributed by atoms with van der Waals surface area (Å²) in [5.41, 5.74) is 4.95. The number of carbonyl (C=O) groups is 1. The van der Waals surface area contributed by atoms with Crippen molar-refractivity contribution in [3.8, 4) is 0 Å². The van der Waals surface area contributed by atoms with Gasteiger partial charge in [0, 0.05) is 7.05 Å². The second-order valence-corrected chi connectivity index (χ2v) is 4.45. The number of nitrogens with one attached hydrogen (secondary N) is 1. The molecule has 1 rings (SSSR count). The van der Waals surface area contributed by atoms with E-state index < -0.39 is 11.7 Å². The number of aromatic nitrogens is 2. The maximum Gasteiger partial charge on any atom is 0.413 e. The molecule has 3 N–H and O–H groups in total. The molecule has 0 saturated carbocycles.